The largest absolute Gasteiger partial charge is 0.377 e. The quantitative estimate of drug-likeness (QED) is 0.0535. The molecule has 9 heterocycles. The molecule has 7 aromatic heterocycles. The summed E-state index contributed by atoms with van der Waals surface area (Å²) < 4.78 is 17.6. The molecule has 0 aliphatic carbocycles. The molecule has 2 amide bonds. The van der Waals surface area contributed by atoms with Gasteiger partial charge in [-0.1, -0.05) is 12.1 Å². The molecule has 2 unspecified atom stereocenters. The molecule has 8 aromatic rings. The van der Waals surface area contributed by atoms with Crippen molar-refractivity contribution in [2.45, 2.75) is 23.7 Å². The molecule has 0 radical (unpaired) electrons. The molecule has 0 spiro atoms. The highest BCUT2D eigenvalue weighted by Crippen LogP contribution is 2.41. The number of H-pyrrole nitrogens is 4. The number of hydrogen-bond donors (Lipinski definition) is 8. The van der Waals surface area contributed by atoms with Gasteiger partial charge in [0.2, 0.25) is 5.91 Å². The van der Waals surface area contributed by atoms with Gasteiger partial charge in [-0.15, -0.1) is 0 Å². The first kappa shape index (κ1) is 51.0. The molecule has 8 N–H and O–H groups in total. The number of hydrogen-bond acceptors (Lipinski definition) is 7. The third kappa shape index (κ3) is 12.6. The second-order valence-corrected chi connectivity index (χ2v) is 19.8. The minimum Gasteiger partial charge on any atom is -0.377 e. The van der Waals surface area contributed by atoms with E-state index in [4.69, 9.17) is 9.47 Å². The Balaban J connectivity index is 0.855. The number of aromatic amines is 4. The molecule has 0 saturated carbocycles. The van der Waals surface area contributed by atoms with Crippen LogP contribution >= 0.6 is 0 Å². The summed E-state index contributed by atoms with van der Waals surface area (Å²) in [6, 6.07) is 38.9. The van der Waals surface area contributed by atoms with E-state index in [0.29, 0.717) is 51.6 Å². The molecule has 16 heteroatoms. The fourth-order valence-electron chi connectivity index (χ4n) is 10.5. The predicted molar refractivity (Wildman–Crippen MR) is 285 cm³/mol. The average molecular weight is 1010 g/mol. The molecule has 75 heavy (non-hydrogen) atoms. The summed E-state index contributed by atoms with van der Waals surface area (Å²) in [5, 5.41) is 12.7. The van der Waals surface area contributed by atoms with Crippen LogP contribution in [0.1, 0.15) is 102 Å². The lowest BCUT2D eigenvalue weighted by atomic mass is 9.92. The van der Waals surface area contributed by atoms with Gasteiger partial charge in [0, 0.05) is 140 Å². The van der Waals surface area contributed by atoms with Crippen LogP contribution in [0.25, 0.3) is 0 Å². The minimum atomic E-state index is -0.218. The summed E-state index contributed by atoms with van der Waals surface area (Å²) in [5.41, 5.74) is 13.6. The highest BCUT2D eigenvalue weighted by molar-refractivity contribution is 5.94. The summed E-state index contributed by atoms with van der Waals surface area (Å²) in [6.07, 6.45) is 12.6. The number of benzene rings is 1. The first-order chi connectivity index (χ1) is 36.7. The number of aromatic nitrogens is 7. The van der Waals surface area contributed by atoms with Crippen molar-refractivity contribution in [1.82, 2.24) is 46.1 Å². The molecule has 16 nitrogen and oxygen atoms in total. The highest BCUT2D eigenvalue weighted by Gasteiger charge is 2.31. The zero-order valence-electron chi connectivity index (χ0n) is 43.3. The van der Waals surface area contributed by atoms with Crippen molar-refractivity contribution in [3.63, 3.8) is 0 Å². The number of pyridine rings is 3. The van der Waals surface area contributed by atoms with Gasteiger partial charge < -0.3 is 50.7 Å². The first-order valence-corrected chi connectivity index (χ1v) is 26.3. The molecule has 10 rings (SSSR count). The Labute approximate surface area is 438 Å². The number of ether oxygens (including phenoxy) is 2. The SMILES string of the molecule is C[n+]1ccc(C2c3ccc([nH]3)C(c3ccc(C(=O)NCCOCCOCCNC(=O)CN4CCNCCNCC4)cc3)c3ccc([nH]3)C(c3cc[n+](C)cc3)c3ccc([nH]3)C(c3cc[n+](C)cc3)c3ccc2[nH]3)cc1. The Morgan fingerprint density at radius 2 is 0.787 bits per heavy atom. The van der Waals surface area contributed by atoms with Crippen LogP contribution in [0.2, 0.25) is 0 Å². The number of amides is 2. The summed E-state index contributed by atoms with van der Waals surface area (Å²) in [4.78, 5) is 43.9. The summed E-state index contributed by atoms with van der Waals surface area (Å²) >= 11 is 0. The predicted octanol–water partition coefficient (Wildman–Crippen LogP) is 3.88. The molecule has 2 aliphatic rings. The van der Waals surface area contributed by atoms with Gasteiger partial charge >= 0.3 is 0 Å². The van der Waals surface area contributed by atoms with E-state index >= 15 is 0 Å². The standard InChI is InChI=1S/C59H69N12O4/c1-68-28-16-42(17-29-68)56-48-10-8-46(64-48)55(41-4-6-45(7-5-41)59(73)63-27-37-75-39-38-74-36-26-62-54(72)40-71-34-24-60-22-23-61-25-35-71)47-9-11-49(65-47)57(43-18-30-69(2)31-19-43)51-13-15-53(67-51)58(52-14-12-50(56)66-52)44-20-32-70(3)33-21-44/h4-21,28-33,55-58,60-61,64-67H,22-27,34-40H2,1-3H3/q+1/p+2. The number of fused-ring (bicyclic) bond motifs is 8. The molecule has 1 saturated heterocycles. The number of carbonyl (C=O) groups excluding carboxylic acids is 2. The summed E-state index contributed by atoms with van der Waals surface area (Å²) in [6.45, 7) is 8.02. The highest BCUT2D eigenvalue weighted by atomic mass is 16.5. The van der Waals surface area contributed by atoms with Crippen molar-refractivity contribution in [1.29, 1.82) is 0 Å². The third-order valence-corrected chi connectivity index (χ3v) is 14.5. The smallest absolute Gasteiger partial charge is 0.251 e. The second-order valence-electron chi connectivity index (χ2n) is 19.8. The van der Waals surface area contributed by atoms with Crippen molar-refractivity contribution in [2.24, 2.45) is 21.1 Å². The zero-order valence-corrected chi connectivity index (χ0v) is 43.3. The van der Waals surface area contributed by atoms with Gasteiger partial charge in [-0.3, -0.25) is 14.5 Å². The fourth-order valence-corrected chi connectivity index (χ4v) is 10.5. The van der Waals surface area contributed by atoms with Gasteiger partial charge in [0.15, 0.2) is 37.2 Å². The Morgan fingerprint density at radius 3 is 1.15 bits per heavy atom. The molecule has 2 aliphatic heterocycles. The summed E-state index contributed by atoms with van der Waals surface area (Å²) in [5.74, 6) is -0.713. The number of aryl methyl sites for hydroxylation is 3. The second kappa shape index (κ2) is 24.3. The molecule has 388 valence electrons. The molecule has 8 bridgehead atoms. The normalized spacial score (nSPS) is 18.2. The zero-order chi connectivity index (χ0) is 51.5. The topological polar surface area (TPSA) is 179 Å². The van der Waals surface area contributed by atoms with Crippen LogP contribution in [-0.4, -0.2) is 122 Å². The van der Waals surface area contributed by atoms with E-state index in [1.165, 1.54) is 5.56 Å². The van der Waals surface area contributed by atoms with E-state index in [1.807, 2.05) is 33.3 Å². The maximum Gasteiger partial charge on any atom is 0.251 e. The van der Waals surface area contributed by atoms with Crippen molar-refractivity contribution in [3.05, 3.63) is 220 Å². The molecular weight excluding hydrogens is 941 g/mol. The lowest BCUT2D eigenvalue weighted by molar-refractivity contribution is -0.671. The van der Waals surface area contributed by atoms with Gasteiger partial charge in [0.25, 0.3) is 5.91 Å². The van der Waals surface area contributed by atoms with Crippen LogP contribution < -0.4 is 35.0 Å². The molecular formula is C59H71N12O4+3. The number of nitrogens with zero attached hydrogens (tertiary/aromatic N) is 4. The van der Waals surface area contributed by atoms with Crippen LogP contribution in [-0.2, 0) is 35.4 Å². The minimum absolute atomic E-state index is 0.00172. The van der Waals surface area contributed by atoms with Crippen LogP contribution in [0.15, 0.2) is 146 Å². The molecule has 2 atom stereocenters. The van der Waals surface area contributed by atoms with E-state index in [0.717, 1.165) is 102 Å². The van der Waals surface area contributed by atoms with E-state index in [-0.39, 0.29) is 35.5 Å². The fraction of sp³-hybridized carbons (Fsp3) is 0.339. The molecule has 1 aromatic carbocycles. The Morgan fingerprint density at radius 1 is 0.453 bits per heavy atom. The van der Waals surface area contributed by atoms with E-state index in [2.05, 4.69) is 194 Å². The van der Waals surface area contributed by atoms with E-state index < -0.39 is 0 Å². The van der Waals surface area contributed by atoms with Crippen LogP contribution in [0.4, 0.5) is 0 Å². The average Bonchev–Trinajstić information content (AvgIpc) is 4.28. The lowest BCUT2D eigenvalue weighted by Crippen LogP contribution is -2.42. The van der Waals surface area contributed by atoms with Crippen molar-refractivity contribution in [2.75, 3.05) is 85.3 Å². The number of rotatable bonds is 16. The van der Waals surface area contributed by atoms with Gasteiger partial charge in [-0.05, 0) is 82.9 Å². The Bertz CT molecular complexity index is 2960. The summed E-state index contributed by atoms with van der Waals surface area (Å²) in [7, 11) is 6.13. The van der Waals surface area contributed by atoms with Gasteiger partial charge in [0.05, 0.1) is 56.6 Å². The van der Waals surface area contributed by atoms with Crippen molar-refractivity contribution < 1.29 is 32.8 Å². The lowest BCUT2D eigenvalue weighted by Gasteiger charge is -2.20. The maximum atomic E-state index is 13.5. The van der Waals surface area contributed by atoms with Crippen LogP contribution in [0, 0.1) is 0 Å². The van der Waals surface area contributed by atoms with E-state index in [9.17, 15) is 9.59 Å². The van der Waals surface area contributed by atoms with Gasteiger partial charge in [-0.2, -0.15) is 0 Å². The Kier molecular flexibility index (Phi) is 16.5. The Hall–Kier alpha value is -7.47. The number of nitrogens with one attached hydrogen (secondary N) is 8. The van der Waals surface area contributed by atoms with Crippen molar-refractivity contribution >= 4 is 11.8 Å². The maximum absolute atomic E-state index is 13.5. The number of carbonyl (C=O) groups is 2. The van der Waals surface area contributed by atoms with Gasteiger partial charge in [0.1, 0.15) is 21.1 Å². The first-order valence-electron chi connectivity index (χ1n) is 26.3. The van der Waals surface area contributed by atoms with Crippen LogP contribution in [0.3, 0.4) is 0 Å². The third-order valence-electron chi connectivity index (χ3n) is 14.5. The van der Waals surface area contributed by atoms with Gasteiger partial charge in [-0.25, -0.2) is 13.7 Å². The van der Waals surface area contributed by atoms with Crippen molar-refractivity contribution in [3.8, 4) is 0 Å². The molecule has 1 fully saturated rings. The monoisotopic (exact) mass is 1010 g/mol. The van der Waals surface area contributed by atoms with E-state index in [1.54, 1.807) is 0 Å². The van der Waals surface area contributed by atoms with Crippen LogP contribution in [0.5, 0.6) is 0 Å².